The molecule has 1 aromatic carbocycles. The third-order valence-corrected chi connectivity index (χ3v) is 2.15. The van der Waals surface area contributed by atoms with Crippen molar-refractivity contribution in [3.8, 4) is 0 Å². The molecule has 3 N–H and O–H groups in total. The highest BCUT2D eigenvalue weighted by Gasteiger charge is 2.38. The highest BCUT2D eigenvalue weighted by atomic mass is 14.7. The molecule has 0 spiro atoms. The van der Waals surface area contributed by atoms with Gasteiger partial charge < -0.3 is 5.73 Å². The van der Waals surface area contributed by atoms with E-state index >= 15 is 0 Å². The molecular weight excluding hydrogens is 122 g/mol. The van der Waals surface area contributed by atoms with Crippen molar-refractivity contribution in [2.45, 2.75) is 18.4 Å². The molecule has 0 aromatic heterocycles. The smallest absolute Gasteiger partial charge is 0.0923 e. The van der Waals surface area contributed by atoms with E-state index in [4.69, 9.17) is 0 Å². The van der Waals surface area contributed by atoms with E-state index in [2.05, 4.69) is 36.1 Å². The van der Waals surface area contributed by atoms with E-state index in [1.54, 1.807) is 0 Å². The molecule has 0 radical (unpaired) electrons. The molecule has 0 unspecified atom stereocenters. The number of hydrogen-bond donors (Lipinski definition) is 1. The molecule has 0 aliphatic heterocycles. The fourth-order valence-corrected chi connectivity index (χ4v) is 1.36. The van der Waals surface area contributed by atoms with Crippen LogP contribution in [0.25, 0.3) is 0 Å². The summed E-state index contributed by atoms with van der Waals surface area (Å²) in [7, 11) is 0. The minimum absolute atomic E-state index is 0.683. The maximum Gasteiger partial charge on any atom is 0.0923 e. The molecule has 1 nitrogen and oxygen atoms in total. The normalized spacial score (nSPS) is 30.1. The van der Waals surface area contributed by atoms with E-state index in [0.717, 1.165) is 5.92 Å². The number of hydrogen-bond acceptors (Lipinski definition) is 0. The highest BCUT2D eigenvalue weighted by molar-refractivity contribution is 5.25. The predicted molar refractivity (Wildman–Crippen MR) is 40.5 cm³/mol. The molecule has 0 saturated heterocycles. The van der Waals surface area contributed by atoms with E-state index in [9.17, 15) is 0 Å². The van der Waals surface area contributed by atoms with Gasteiger partial charge in [0.15, 0.2) is 0 Å². The van der Waals surface area contributed by atoms with Gasteiger partial charge in [0, 0.05) is 12.3 Å². The molecule has 0 bridgehead atoms. The van der Waals surface area contributed by atoms with Crippen LogP contribution in [-0.4, -0.2) is 6.04 Å². The van der Waals surface area contributed by atoms with Crippen molar-refractivity contribution in [3.63, 3.8) is 0 Å². The molecule has 1 aliphatic rings. The summed E-state index contributed by atoms with van der Waals surface area (Å²) in [5, 5.41) is 0. The number of quaternary nitrogens is 1. The van der Waals surface area contributed by atoms with Crippen LogP contribution in [0.15, 0.2) is 30.3 Å². The zero-order valence-corrected chi connectivity index (χ0v) is 5.96. The van der Waals surface area contributed by atoms with Crippen LogP contribution < -0.4 is 5.73 Å². The van der Waals surface area contributed by atoms with Gasteiger partial charge in [0.05, 0.1) is 6.04 Å². The predicted octanol–water partition coefficient (Wildman–Crippen LogP) is 0.784. The minimum Gasteiger partial charge on any atom is -0.355 e. The second-order valence-electron chi connectivity index (χ2n) is 3.01. The van der Waals surface area contributed by atoms with Gasteiger partial charge in [-0.15, -0.1) is 0 Å². The zero-order valence-electron chi connectivity index (χ0n) is 5.96. The summed E-state index contributed by atoms with van der Waals surface area (Å²) in [5.41, 5.74) is 5.47. The lowest BCUT2D eigenvalue weighted by Gasteiger charge is -1.92. The van der Waals surface area contributed by atoms with Crippen LogP contribution in [-0.2, 0) is 0 Å². The van der Waals surface area contributed by atoms with Crippen molar-refractivity contribution in [3.05, 3.63) is 35.9 Å². The van der Waals surface area contributed by atoms with Gasteiger partial charge in [0.1, 0.15) is 0 Å². The Hall–Kier alpha value is -0.820. The Balaban J connectivity index is 2.20. The molecule has 0 heterocycles. The first-order valence-electron chi connectivity index (χ1n) is 3.76. The second-order valence-corrected chi connectivity index (χ2v) is 3.01. The summed E-state index contributed by atoms with van der Waals surface area (Å²) in [5.74, 6) is 0.765. The summed E-state index contributed by atoms with van der Waals surface area (Å²) in [4.78, 5) is 0. The zero-order chi connectivity index (χ0) is 6.97. The van der Waals surface area contributed by atoms with Crippen molar-refractivity contribution >= 4 is 0 Å². The monoisotopic (exact) mass is 134 g/mol. The lowest BCUT2D eigenvalue weighted by Crippen LogP contribution is -2.53. The van der Waals surface area contributed by atoms with Gasteiger partial charge in [-0.05, 0) is 5.56 Å². The first kappa shape index (κ1) is 5.93. The van der Waals surface area contributed by atoms with Crippen LogP contribution in [0.5, 0.6) is 0 Å². The van der Waals surface area contributed by atoms with Crippen LogP contribution in [0.1, 0.15) is 17.9 Å². The minimum atomic E-state index is 0.683. The van der Waals surface area contributed by atoms with E-state index < -0.39 is 0 Å². The molecule has 1 aliphatic carbocycles. The maximum atomic E-state index is 4.01. The Kier molecular flexibility index (Phi) is 1.24. The molecular formula is C9H12N+. The van der Waals surface area contributed by atoms with Crippen molar-refractivity contribution in [2.75, 3.05) is 0 Å². The summed E-state index contributed by atoms with van der Waals surface area (Å²) >= 11 is 0. The standard InChI is InChI=1S/C9H11N/c10-9-6-8(9)7-4-2-1-3-5-7/h1-5,8-9H,6,10H2/p+1/t8-,9+/m1/s1. The summed E-state index contributed by atoms with van der Waals surface area (Å²) in [6.45, 7) is 0. The molecule has 1 aromatic rings. The Morgan fingerprint density at radius 1 is 1.20 bits per heavy atom. The average molecular weight is 134 g/mol. The van der Waals surface area contributed by atoms with Gasteiger partial charge in [-0.3, -0.25) is 0 Å². The van der Waals surface area contributed by atoms with E-state index in [1.165, 1.54) is 12.0 Å². The first-order chi connectivity index (χ1) is 4.88. The maximum absolute atomic E-state index is 4.01. The Labute approximate surface area is 60.9 Å². The van der Waals surface area contributed by atoms with Crippen LogP contribution in [0.2, 0.25) is 0 Å². The van der Waals surface area contributed by atoms with E-state index in [-0.39, 0.29) is 0 Å². The third kappa shape index (κ3) is 0.929. The lowest BCUT2D eigenvalue weighted by molar-refractivity contribution is -0.386. The van der Waals surface area contributed by atoms with Crippen LogP contribution >= 0.6 is 0 Å². The number of benzene rings is 1. The van der Waals surface area contributed by atoms with E-state index in [1.807, 2.05) is 0 Å². The van der Waals surface area contributed by atoms with E-state index in [0.29, 0.717) is 6.04 Å². The Bertz CT molecular complexity index is 217. The van der Waals surface area contributed by atoms with Crippen molar-refractivity contribution in [1.29, 1.82) is 0 Å². The molecule has 52 valence electrons. The van der Waals surface area contributed by atoms with Gasteiger partial charge in [-0.2, -0.15) is 0 Å². The van der Waals surface area contributed by atoms with Crippen molar-refractivity contribution in [1.82, 2.24) is 0 Å². The molecule has 0 amide bonds. The largest absolute Gasteiger partial charge is 0.355 e. The van der Waals surface area contributed by atoms with Crippen LogP contribution in [0, 0.1) is 0 Å². The van der Waals surface area contributed by atoms with Gasteiger partial charge in [-0.1, -0.05) is 30.3 Å². The van der Waals surface area contributed by atoms with Crippen LogP contribution in [0.4, 0.5) is 0 Å². The molecule has 2 rings (SSSR count). The van der Waals surface area contributed by atoms with Gasteiger partial charge in [-0.25, -0.2) is 0 Å². The van der Waals surface area contributed by atoms with Crippen molar-refractivity contribution < 1.29 is 5.73 Å². The summed E-state index contributed by atoms with van der Waals surface area (Å²) < 4.78 is 0. The van der Waals surface area contributed by atoms with Gasteiger partial charge in [0.2, 0.25) is 0 Å². The average Bonchev–Trinajstić information content (AvgIpc) is 2.69. The Morgan fingerprint density at radius 2 is 1.80 bits per heavy atom. The Morgan fingerprint density at radius 3 is 2.30 bits per heavy atom. The van der Waals surface area contributed by atoms with Gasteiger partial charge >= 0.3 is 0 Å². The fraction of sp³-hybridized carbons (Fsp3) is 0.333. The van der Waals surface area contributed by atoms with Crippen molar-refractivity contribution in [2.24, 2.45) is 0 Å². The summed E-state index contributed by atoms with van der Waals surface area (Å²) in [6.07, 6.45) is 1.28. The molecule has 1 heteroatoms. The lowest BCUT2D eigenvalue weighted by atomic mass is 10.1. The third-order valence-electron chi connectivity index (χ3n) is 2.15. The second kappa shape index (κ2) is 2.10. The number of rotatable bonds is 1. The topological polar surface area (TPSA) is 27.6 Å². The first-order valence-corrected chi connectivity index (χ1v) is 3.76. The molecule has 2 atom stereocenters. The quantitative estimate of drug-likeness (QED) is 0.588. The summed E-state index contributed by atoms with van der Waals surface area (Å²) in [6, 6.07) is 11.3. The van der Waals surface area contributed by atoms with Gasteiger partial charge in [0.25, 0.3) is 0 Å². The molecule has 10 heavy (non-hydrogen) atoms. The molecule has 1 fully saturated rings. The SMILES string of the molecule is [NH3+][C@H]1C[C@@H]1c1ccccc1. The van der Waals surface area contributed by atoms with Crippen LogP contribution in [0.3, 0.4) is 0 Å². The fourth-order valence-electron chi connectivity index (χ4n) is 1.36. The highest BCUT2D eigenvalue weighted by Crippen LogP contribution is 2.37. The molecule has 1 saturated carbocycles.